The van der Waals surface area contributed by atoms with E-state index in [1.165, 1.54) is 6.92 Å². The van der Waals surface area contributed by atoms with Crippen LogP contribution in [0.4, 0.5) is 11.4 Å². The molecule has 0 aromatic heterocycles. The van der Waals surface area contributed by atoms with Gasteiger partial charge in [0.2, 0.25) is 15.9 Å². The maximum Gasteiger partial charge on any atom is 0.247 e. The molecule has 1 N–H and O–H groups in total. The van der Waals surface area contributed by atoms with E-state index in [4.69, 9.17) is 14.2 Å². The average molecular weight is 483 g/mol. The molecule has 0 saturated heterocycles. The number of hydrogen-bond donors (Lipinski definition) is 1. The molecule has 0 spiro atoms. The highest BCUT2D eigenvalue weighted by Gasteiger charge is 2.30. The summed E-state index contributed by atoms with van der Waals surface area (Å²) in [7, 11) is -3.77. The molecule has 1 aliphatic heterocycles. The number of amides is 1. The number of fused-ring (bicyclic) bond motifs is 1. The van der Waals surface area contributed by atoms with Gasteiger partial charge in [0.1, 0.15) is 31.6 Å². The first-order valence-electron chi connectivity index (χ1n) is 10.8. The van der Waals surface area contributed by atoms with E-state index in [0.717, 1.165) is 16.1 Å². The number of rotatable bonds is 8. The molecule has 4 rings (SSSR count). The average Bonchev–Trinajstić information content (AvgIpc) is 2.83. The van der Waals surface area contributed by atoms with Gasteiger partial charge in [0.15, 0.2) is 11.5 Å². The molecule has 178 valence electrons. The fourth-order valence-corrected chi connectivity index (χ4v) is 4.77. The van der Waals surface area contributed by atoms with E-state index < -0.39 is 22.0 Å². The van der Waals surface area contributed by atoms with E-state index in [-0.39, 0.29) is 0 Å². The molecule has 0 saturated carbocycles. The fourth-order valence-electron chi connectivity index (χ4n) is 3.60. The Kier molecular flexibility index (Phi) is 6.93. The molecule has 1 atom stereocenters. The summed E-state index contributed by atoms with van der Waals surface area (Å²) in [5.74, 6) is 1.16. The zero-order valence-electron chi connectivity index (χ0n) is 18.9. The molecule has 0 bridgehead atoms. The Morgan fingerprint density at radius 3 is 2.35 bits per heavy atom. The molecule has 3 aromatic carbocycles. The number of carbonyl (C=O) groups excluding carboxylic acids is 1. The molecule has 1 amide bonds. The van der Waals surface area contributed by atoms with Gasteiger partial charge in [0.25, 0.3) is 0 Å². The first kappa shape index (κ1) is 23.4. The van der Waals surface area contributed by atoms with Gasteiger partial charge in [-0.2, -0.15) is 0 Å². The number of ether oxygens (including phenoxy) is 3. The van der Waals surface area contributed by atoms with E-state index in [2.05, 4.69) is 5.32 Å². The number of hydrogen-bond acceptors (Lipinski definition) is 6. The molecule has 1 aliphatic rings. The molecule has 0 fully saturated rings. The third-order valence-electron chi connectivity index (χ3n) is 5.24. The summed E-state index contributed by atoms with van der Waals surface area (Å²) >= 11 is 0. The molecule has 34 heavy (non-hydrogen) atoms. The zero-order chi connectivity index (χ0) is 24.1. The second kappa shape index (κ2) is 10.0. The van der Waals surface area contributed by atoms with Crippen LogP contribution in [0.5, 0.6) is 17.2 Å². The lowest BCUT2D eigenvalue weighted by molar-refractivity contribution is -0.116. The summed E-state index contributed by atoms with van der Waals surface area (Å²) in [5, 5.41) is 2.77. The Bertz CT molecular complexity index is 1250. The van der Waals surface area contributed by atoms with Crippen molar-refractivity contribution >= 4 is 27.3 Å². The fraction of sp³-hybridized carbons (Fsp3) is 0.240. The van der Waals surface area contributed by atoms with Crippen molar-refractivity contribution in [2.75, 3.05) is 29.1 Å². The highest BCUT2D eigenvalue weighted by molar-refractivity contribution is 7.92. The van der Waals surface area contributed by atoms with Gasteiger partial charge in [0, 0.05) is 11.8 Å². The van der Waals surface area contributed by atoms with Crippen molar-refractivity contribution in [3.05, 3.63) is 78.4 Å². The number of benzene rings is 3. The molecule has 0 radical (unpaired) electrons. The minimum absolute atomic E-state index is 0.319. The summed E-state index contributed by atoms with van der Waals surface area (Å²) < 4.78 is 43.1. The number of nitrogens with one attached hydrogen (secondary N) is 1. The maximum absolute atomic E-state index is 13.0. The van der Waals surface area contributed by atoms with E-state index in [1.807, 2.05) is 30.3 Å². The van der Waals surface area contributed by atoms with Crippen LogP contribution in [0.3, 0.4) is 0 Å². The SMILES string of the molecule is C[C@H](C(=O)Nc1ccc(OCc2ccccc2)cc1)N(c1ccc2c(c1)OCCO2)S(C)(=O)=O. The topological polar surface area (TPSA) is 94.2 Å². The molecule has 1 heterocycles. The molecule has 0 unspecified atom stereocenters. The van der Waals surface area contributed by atoms with Crippen LogP contribution in [-0.2, 0) is 21.4 Å². The lowest BCUT2D eigenvalue weighted by Gasteiger charge is -2.29. The summed E-state index contributed by atoms with van der Waals surface area (Å²) in [4.78, 5) is 13.0. The summed E-state index contributed by atoms with van der Waals surface area (Å²) in [5.41, 5.74) is 1.90. The van der Waals surface area contributed by atoms with Crippen molar-refractivity contribution in [1.82, 2.24) is 0 Å². The van der Waals surface area contributed by atoms with Gasteiger partial charge in [-0.1, -0.05) is 30.3 Å². The third kappa shape index (κ3) is 5.60. The van der Waals surface area contributed by atoms with Crippen LogP contribution in [0.2, 0.25) is 0 Å². The van der Waals surface area contributed by atoms with Gasteiger partial charge >= 0.3 is 0 Å². The molecule has 9 heteroatoms. The van der Waals surface area contributed by atoms with Crippen molar-refractivity contribution in [2.24, 2.45) is 0 Å². The van der Waals surface area contributed by atoms with Crippen LogP contribution < -0.4 is 23.8 Å². The quantitative estimate of drug-likeness (QED) is 0.525. The lowest BCUT2D eigenvalue weighted by Crippen LogP contribution is -2.45. The Labute approximate surface area is 199 Å². The van der Waals surface area contributed by atoms with Gasteiger partial charge in [-0.15, -0.1) is 0 Å². The minimum Gasteiger partial charge on any atom is -0.489 e. The van der Waals surface area contributed by atoms with Crippen LogP contribution in [0.25, 0.3) is 0 Å². The number of anilines is 2. The summed E-state index contributed by atoms with van der Waals surface area (Å²) in [6, 6.07) is 20.5. The normalized spacial score (nSPS) is 13.6. The predicted octanol–water partition coefficient (Wildman–Crippen LogP) is 3.83. The van der Waals surface area contributed by atoms with Crippen LogP contribution in [0, 0.1) is 0 Å². The van der Waals surface area contributed by atoms with Crippen molar-refractivity contribution in [3.8, 4) is 17.2 Å². The first-order chi connectivity index (χ1) is 16.3. The minimum atomic E-state index is -3.77. The number of sulfonamides is 1. The highest BCUT2D eigenvalue weighted by Crippen LogP contribution is 2.35. The molecular formula is C25H26N2O6S. The summed E-state index contributed by atoms with van der Waals surface area (Å²) in [6.45, 7) is 2.76. The molecular weight excluding hydrogens is 456 g/mol. The zero-order valence-corrected chi connectivity index (χ0v) is 19.7. The van der Waals surface area contributed by atoms with Crippen LogP contribution >= 0.6 is 0 Å². The predicted molar refractivity (Wildman–Crippen MR) is 130 cm³/mol. The van der Waals surface area contributed by atoms with Crippen molar-refractivity contribution in [2.45, 2.75) is 19.6 Å². The van der Waals surface area contributed by atoms with E-state index >= 15 is 0 Å². The van der Waals surface area contributed by atoms with Gasteiger partial charge in [0.05, 0.1) is 11.9 Å². The number of carbonyl (C=O) groups is 1. The third-order valence-corrected chi connectivity index (χ3v) is 6.48. The van der Waals surface area contributed by atoms with Gasteiger partial charge in [-0.25, -0.2) is 8.42 Å². The van der Waals surface area contributed by atoms with Gasteiger partial charge in [-0.05, 0) is 48.9 Å². The maximum atomic E-state index is 13.0. The van der Waals surface area contributed by atoms with Crippen molar-refractivity contribution in [1.29, 1.82) is 0 Å². The number of nitrogens with zero attached hydrogens (tertiary/aromatic N) is 1. The van der Waals surface area contributed by atoms with Crippen molar-refractivity contribution in [3.63, 3.8) is 0 Å². The van der Waals surface area contributed by atoms with Crippen molar-refractivity contribution < 1.29 is 27.4 Å². The van der Waals surface area contributed by atoms with E-state index in [9.17, 15) is 13.2 Å². The molecule has 3 aromatic rings. The second-order valence-electron chi connectivity index (χ2n) is 7.85. The first-order valence-corrected chi connectivity index (χ1v) is 12.6. The molecule has 8 nitrogen and oxygen atoms in total. The van der Waals surface area contributed by atoms with Crippen LogP contribution in [-0.4, -0.2) is 39.8 Å². The van der Waals surface area contributed by atoms with Crippen LogP contribution in [0.15, 0.2) is 72.8 Å². The Balaban J connectivity index is 1.44. The Hall–Kier alpha value is -3.72. The standard InChI is InChI=1S/C25H26N2O6S/c1-18(27(34(2,29)30)21-10-13-23-24(16-21)32-15-14-31-23)25(28)26-20-8-11-22(12-9-20)33-17-19-6-4-3-5-7-19/h3-13,16,18H,14-15,17H2,1-2H3,(H,26,28)/t18-/m1/s1. The smallest absolute Gasteiger partial charge is 0.247 e. The Morgan fingerprint density at radius 1 is 1.00 bits per heavy atom. The van der Waals surface area contributed by atoms with Gasteiger partial charge in [-0.3, -0.25) is 9.10 Å². The highest BCUT2D eigenvalue weighted by atomic mass is 32.2. The monoisotopic (exact) mass is 482 g/mol. The molecule has 0 aliphatic carbocycles. The Morgan fingerprint density at radius 2 is 1.68 bits per heavy atom. The largest absolute Gasteiger partial charge is 0.489 e. The van der Waals surface area contributed by atoms with E-state index in [1.54, 1.807) is 42.5 Å². The van der Waals surface area contributed by atoms with Gasteiger partial charge < -0.3 is 19.5 Å². The van der Waals surface area contributed by atoms with Crippen LogP contribution in [0.1, 0.15) is 12.5 Å². The lowest BCUT2D eigenvalue weighted by atomic mass is 10.2. The second-order valence-corrected chi connectivity index (χ2v) is 9.71. The summed E-state index contributed by atoms with van der Waals surface area (Å²) in [6.07, 6.45) is 1.06. The van der Waals surface area contributed by atoms with E-state index in [0.29, 0.717) is 48.4 Å².